The second-order valence-electron chi connectivity index (χ2n) is 3.22. The van der Waals surface area contributed by atoms with Crippen LogP contribution in [0.3, 0.4) is 0 Å². The van der Waals surface area contributed by atoms with Gasteiger partial charge in [0, 0.05) is 11.6 Å². The number of rotatable bonds is 1. The summed E-state index contributed by atoms with van der Waals surface area (Å²) in [5.74, 6) is -0.419. The molecule has 0 amide bonds. The van der Waals surface area contributed by atoms with Crippen LogP contribution in [0.15, 0.2) is 24.3 Å². The Kier molecular flexibility index (Phi) is 2.50. The topological polar surface area (TPSA) is 29.5 Å². The number of aromatic hydroxyl groups is 1. The number of ether oxygens (including phenoxy) is 1. The van der Waals surface area contributed by atoms with Gasteiger partial charge in [0.05, 0.1) is 13.2 Å². The van der Waals surface area contributed by atoms with Crippen molar-refractivity contribution < 1.29 is 14.2 Å². The average molecular weight is 194 g/mol. The molecule has 0 fully saturated rings. The zero-order valence-corrected chi connectivity index (χ0v) is 7.66. The molecule has 1 aromatic rings. The molecule has 0 aliphatic carbocycles. The number of benzene rings is 1. The molecule has 0 aromatic heterocycles. The van der Waals surface area contributed by atoms with Crippen molar-refractivity contribution in [2.45, 2.75) is 6.42 Å². The summed E-state index contributed by atoms with van der Waals surface area (Å²) in [5.41, 5.74) is 1.73. The molecule has 14 heavy (non-hydrogen) atoms. The first kappa shape index (κ1) is 9.21. The first-order valence-electron chi connectivity index (χ1n) is 4.53. The van der Waals surface area contributed by atoms with Gasteiger partial charge in [-0.15, -0.1) is 0 Å². The van der Waals surface area contributed by atoms with E-state index in [2.05, 4.69) is 0 Å². The van der Waals surface area contributed by atoms with E-state index in [0.29, 0.717) is 18.8 Å². The monoisotopic (exact) mass is 194 g/mol. The number of halogens is 1. The Morgan fingerprint density at radius 2 is 2.21 bits per heavy atom. The summed E-state index contributed by atoms with van der Waals surface area (Å²) in [5, 5.41) is 9.52. The summed E-state index contributed by atoms with van der Waals surface area (Å²) in [4.78, 5) is 0. The summed E-state index contributed by atoms with van der Waals surface area (Å²) in [6.07, 6.45) is 2.68. The van der Waals surface area contributed by atoms with Gasteiger partial charge in [-0.2, -0.15) is 0 Å². The van der Waals surface area contributed by atoms with Gasteiger partial charge in [-0.1, -0.05) is 6.08 Å². The van der Waals surface area contributed by atoms with Gasteiger partial charge in [0.15, 0.2) is 0 Å². The van der Waals surface area contributed by atoms with E-state index in [0.717, 1.165) is 18.1 Å². The minimum Gasteiger partial charge on any atom is -0.507 e. The minimum absolute atomic E-state index is 0.00171. The van der Waals surface area contributed by atoms with Crippen LogP contribution in [-0.2, 0) is 4.74 Å². The predicted molar refractivity (Wildman–Crippen MR) is 51.5 cm³/mol. The Balaban J connectivity index is 2.35. The summed E-state index contributed by atoms with van der Waals surface area (Å²) in [6, 6.07) is 4.08. The SMILES string of the molecule is Oc1cc(F)ccc1C1=CCOCC1. The highest BCUT2D eigenvalue weighted by Crippen LogP contribution is 2.29. The van der Waals surface area contributed by atoms with Crippen LogP contribution >= 0.6 is 0 Å². The lowest BCUT2D eigenvalue weighted by Gasteiger charge is -2.14. The first-order chi connectivity index (χ1) is 6.77. The average Bonchev–Trinajstić information content (AvgIpc) is 2.19. The van der Waals surface area contributed by atoms with Crippen molar-refractivity contribution in [2.75, 3.05) is 13.2 Å². The second-order valence-corrected chi connectivity index (χ2v) is 3.22. The number of phenolic OH excluding ortho intramolecular Hbond substituents is 1. The van der Waals surface area contributed by atoms with E-state index < -0.39 is 5.82 Å². The summed E-state index contributed by atoms with van der Waals surface area (Å²) in [7, 11) is 0. The van der Waals surface area contributed by atoms with Gasteiger partial charge < -0.3 is 9.84 Å². The first-order valence-corrected chi connectivity index (χ1v) is 4.53. The van der Waals surface area contributed by atoms with Crippen LogP contribution in [0.1, 0.15) is 12.0 Å². The number of hydrogen-bond donors (Lipinski definition) is 1. The van der Waals surface area contributed by atoms with Crippen LogP contribution in [0.2, 0.25) is 0 Å². The summed E-state index contributed by atoms with van der Waals surface area (Å²) >= 11 is 0. The quantitative estimate of drug-likeness (QED) is 0.743. The van der Waals surface area contributed by atoms with Gasteiger partial charge in [-0.25, -0.2) is 4.39 Å². The zero-order chi connectivity index (χ0) is 9.97. The normalized spacial score (nSPS) is 16.5. The Labute approximate surface area is 81.6 Å². The largest absolute Gasteiger partial charge is 0.507 e. The highest BCUT2D eigenvalue weighted by molar-refractivity contribution is 5.70. The van der Waals surface area contributed by atoms with Gasteiger partial charge >= 0.3 is 0 Å². The smallest absolute Gasteiger partial charge is 0.126 e. The molecule has 0 saturated heterocycles. The number of phenols is 1. The highest BCUT2D eigenvalue weighted by Gasteiger charge is 2.10. The molecular formula is C11H11FO2. The number of hydrogen-bond acceptors (Lipinski definition) is 2. The van der Waals surface area contributed by atoms with Gasteiger partial charge in [-0.05, 0) is 24.1 Å². The van der Waals surface area contributed by atoms with Crippen molar-refractivity contribution in [3.05, 3.63) is 35.7 Å². The molecule has 2 rings (SSSR count). The molecule has 0 saturated carbocycles. The molecule has 2 nitrogen and oxygen atoms in total. The van der Waals surface area contributed by atoms with Gasteiger partial charge in [-0.3, -0.25) is 0 Å². The Bertz CT molecular complexity index is 372. The lowest BCUT2D eigenvalue weighted by Crippen LogP contribution is -2.03. The van der Waals surface area contributed by atoms with E-state index in [4.69, 9.17) is 4.74 Å². The highest BCUT2D eigenvalue weighted by atomic mass is 19.1. The maximum atomic E-state index is 12.7. The van der Waals surface area contributed by atoms with Crippen molar-refractivity contribution in [3.63, 3.8) is 0 Å². The van der Waals surface area contributed by atoms with Crippen molar-refractivity contribution >= 4 is 5.57 Å². The lowest BCUT2D eigenvalue weighted by molar-refractivity contribution is 0.161. The van der Waals surface area contributed by atoms with Crippen molar-refractivity contribution in [1.29, 1.82) is 0 Å². The molecule has 3 heteroatoms. The molecule has 0 unspecified atom stereocenters. The van der Waals surface area contributed by atoms with E-state index in [9.17, 15) is 9.50 Å². The van der Waals surface area contributed by atoms with Crippen LogP contribution in [0, 0.1) is 5.82 Å². The second kappa shape index (κ2) is 3.80. The van der Waals surface area contributed by atoms with Crippen LogP contribution in [-0.4, -0.2) is 18.3 Å². The lowest BCUT2D eigenvalue weighted by atomic mass is 10.0. The molecular weight excluding hydrogens is 183 g/mol. The molecule has 0 spiro atoms. The van der Waals surface area contributed by atoms with E-state index in [1.165, 1.54) is 6.07 Å². The van der Waals surface area contributed by atoms with Crippen molar-refractivity contribution in [2.24, 2.45) is 0 Å². The van der Waals surface area contributed by atoms with E-state index in [1.807, 2.05) is 6.08 Å². The molecule has 1 aromatic carbocycles. The van der Waals surface area contributed by atoms with Crippen LogP contribution < -0.4 is 0 Å². The molecule has 0 radical (unpaired) electrons. The Morgan fingerprint density at radius 1 is 1.36 bits per heavy atom. The van der Waals surface area contributed by atoms with Gasteiger partial charge in [0.2, 0.25) is 0 Å². The molecule has 0 atom stereocenters. The Hall–Kier alpha value is -1.35. The third-order valence-corrected chi connectivity index (χ3v) is 2.27. The zero-order valence-electron chi connectivity index (χ0n) is 7.66. The fourth-order valence-electron chi connectivity index (χ4n) is 1.55. The molecule has 1 N–H and O–H groups in total. The maximum absolute atomic E-state index is 12.7. The predicted octanol–water partition coefficient (Wildman–Crippen LogP) is 2.33. The molecule has 0 bridgehead atoms. The van der Waals surface area contributed by atoms with E-state index in [-0.39, 0.29) is 5.75 Å². The molecule has 1 aliphatic rings. The summed E-state index contributed by atoms with van der Waals surface area (Å²) in [6.45, 7) is 1.22. The standard InChI is InChI=1S/C11H11FO2/c12-9-1-2-10(11(13)7-9)8-3-5-14-6-4-8/h1-3,7,13H,4-6H2. The van der Waals surface area contributed by atoms with Gasteiger partial charge in [0.1, 0.15) is 11.6 Å². The van der Waals surface area contributed by atoms with E-state index >= 15 is 0 Å². The minimum atomic E-state index is -0.418. The maximum Gasteiger partial charge on any atom is 0.126 e. The molecule has 1 heterocycles. The van der Waals surface area contributed by atoms with Crippen molar-refractivity contribution in [3.8, 4) is 5.75 Å². The molecule has 74 valence electrons. The molecule has 1 aliphatic heterocycles. The van der Waals surface area contributed by atoms with Gasteiger partial charge in [0.25, 0.3) is 0 Å². The summed E-state index contributed by atoms with van der Waals surface area (Å²) < 4.78 is 17.9. The Morgan fingerprint density at radius 3 is 2.86 bits per heavy atom. The van der Waals surface area contributed by atoms with Crippen LogP contribution in [0.5, 0.6) is 5.75 Å². The van der Waals surface area contributed by atoms with Crippen molar-refractivity contribution in [1.82, 2.24) is 0 Å². The van der Waals surface area contributed by atoms with Crippen LogP contribution in [0.4, 0.5) is 4.39 Å². The fourth-order valence-corrected chi connectivity index (χ4v) is 1.55. The van der Waals surface area contributed by atoms with E-state index in [1.54, 1.807) is 6.07 Å². The third kappa shape index (κ3) is 1.77. The van der Waals surface area contributed by atoms with Crippen LogP contribution in [0.25, 0.3) is 5.57 Å². The fraction of sp³-hybridized carbons (Fsp3) is 0.273. The third-order valence-electron chi connectivity index (χ3n) is 2.27.